The Labute approximate surface area is 118 Å². The van der Waals surface area contributed by atoms with E-state index in [0.29, 0.717) is 0 Å². The van der Waals surface area contributed by atoms with Crippen LogP contribution in [0.4, 0.5) is 0 Å². The van der Waals surface area contributed by atoms with Gasteiger partial charge >= 0.3 is 0 Å². The lowest BCUT2D eigenvalue weighted by atomic mass is 9.78. The number of methoxy groups -OCH3 is 1. The number of rotatable bonds is 3. The molecule has 0 aromatic heterocycles. The van der Waals surface area contributed by atoms with Crippen LogP contribution >= 0.6 is 0 Å². The minimum absolute atomic E-state index is 0.0785. The quantitative estimate of drug-likeness (QED) is 0.889. The van der Waals surface area contributed by atoms with Crippen LogP contribution in [0.2, 0.25) is 0 Å². The Bertz CT molecular complexity index is 401. The molecule has 0 bridgehead atoms. The predicted molar refractivity (Wildman–Crippen MR) is 83.2 cm³/mol. The lowest BCUT2D eigenvalue weighted by Crippen LogP contribution is -2.20. The Kier molecular flexibility index (Phi) is 4.67. The fourth-order valence-electron chi connectivity index (χ4n) is 2.33. The van der Waals surface area contributed by atoms with E-state index in [0.717, 1.165) is 12.3 Å². The van der Waals surface area contributed by atoms with Gasteiger partial charge in [0.1, 0.15) is 5.75 Å². The first-order valence-electron chi connectivity index (χ1n) is 6.97. The molecular formula is C17H29NO. The van der Waals surface area contributed by atoms with Crippen LogP contribution in [0.25, 0.3) is 0 Å². The molecule has 2 heteroatoms. The van der Waals surface area contributed by atoms with Crippen molar-refractivity contribution in [1.29, 1.82) is 0 Å². The molecule has 0 unspecified atom stereocenters. The third kappa shape index (κ3) is 3.73. The number of nitrogens with one attached hydrogen (secondary N) is 1. The van der Waals surface area contributed by atoms with Gasteiger partial charge in [0, 0.05) is 17.7 Å². The summed E-state index contributed by atoms with van der Waals surface area (Å²) in [6.45, 7) is 14.3. The summed E-state index contributed by atoms with van der Waals surface area (Å²) in [6.07, 6.45) is 0. The van der Waals surface area contributed by atoms with Gasteiger partial charge in [0.2, 0.25) is 0 Å². The van der Waals surface area contributed by atoms with Gasteiger partial charge in [-0.05, 0) is 23.4 Å². The number of ether oxygens (including phenoxy) is 1. The van der Waals surface area contributed by atoms with Gasteiger partial charge in [-0.25, -0.2) is 0 Å². The molecule has 1 aromatic rings. The molecule has 108 valence electrons. The highest BCUT2D eigenvalue weighted by Gasteiger charge is 2.27. The van der Waals surface area contributed by atoms with Crippen molar-refractivity contribution in [1.82, 2.24) is 5.32 Å². The Morgan fingerprint density at radius 3 is 1.63 bits per heavy atom. The van der Waals surface area contributed by atoms with E-state index in [1.165, 1.54) is 16.7 Å². The highest BCUT2D eigenvalue weighted by atomic mass is 16.5. The largest absolute Gasteiger partial charge is 0.496 e. The molecule has 0 aliphatic rings. The molecule has 0 heterocycles. The molecule has 0 atom stereocenters. The summed E-state index contributed by atoms with van der Waals surface area (Å²) in [4.78, 5) is 0. The molecule has 0 radical (unpaired) electrons. The number of hydrogen-bond donors (Lipinski definition) is 1. The maximum absolute atomic E-state index is 5.74. The zero-order valence-corrected chi connectivity index (χ0v) is 13.8. The van der Waals surface area contributed by atoms with Gasteiger partial charge in [-0.15, -0.1) is 0 Å². The summed E-state index contributed by atoms with van der Waals surface area (Å²) < 4.78 is 5.74. The molecule has 1 aromatic carbocycles. The van der Waals surface area contributed by atoms with Crippen molar-refractivity contribution >= 4 is 0 Å². The maximum atomic E-state index is 5.74. The van der Waals surface area contributed by atoms with Crippen LogP contribution < -0.4 is 10.1 Å². The van der Waals surface area contributed by atoms with Crippen LogP contribution in [0.15, 0.2) is 12.1 Å². The molecule has 0 saturated heterocycles. The molecular weight excluding hydrogens is 234 g/mol. The van der Waals surface area contributed by atoms with E-state index in [4.69, 9.17) is 4.74 Å². The first kappa shape index (κ1) is 16.0. The highest BCUT2D eigenvalue weighted by Crippen LogP contribution is 2.40. The Balaban J connectivity index is 3.57. The molecule has 0 fully saturated rings. The zero-order valence-electron chi connectivity index (χ0n) is 13.8. The van der Waals surface area contributed by atoms with Crippen LogP contribution in [0, 0.1) is 0 Å². The second kappa shape index (κ2) is 5.54. The zero-order chi connectivity index (χ0) is 14.8. The minimum Gasteiger partial charge on any atom is -0.496 e. The second-order valence-electron chi connectivity index (χ2n) is 7.25. The Morgan fingerprint density at radius 1 is 0.947 bits per heavy atom. The lowest BCUT2D eigenvalue weighted by molar-refractivity contribution is 0.381. The van der Waals surface area contributed by atoms with E-state index >= 15 is 0 Å². The number of benzene rings is 1. The molecule has 1 rings (SSSR count). The van der Waals surface area contributed by atoms with Crippen molar-refractivity contribution in [3.8, 4) is 5.75 Å². The van der Waals surface area contributed by atoms with Gasteiger partial charge in [-0.3, -0.25) is 0 Å². The van der Waals surface area contributed by atoms with Crippen molar-refractivity contribution < 1.29 is 4.74 Å². The van der Waals surface area contributed by atoms with Gasteiger partial charge in [0.05, 0.1) is 7.11 Å². The summed E-state index contributed by atoms with van der Waals surface area (Å²) >= 11 is 0. The summed E-state index contributed by atoms with van der Waals surface area (Å²) in [5, 5.41) is 3.24. The maximum Gasteiger partial charge on any atom is 0.126 e. The van der Waals surface area contributed by atoms with Crippen molar-refractivity contribution in [2.45, 2.75) is 58.9 Å². The van der Waals surface area contributed by atoms with E-state index in [1.54, 1.807) is 7.11 Å². The summed E-state index contributed by atoms with van der Waals surface area (Å²) in [6, 6.07) is 4.54. The van der Waals surface area contributed by atoms with Crippen LogP contribution in [-0.4, -0.2) is 14.2 Å². The van der Waals surface area contributed by atoms with Gasteiger partial charge < -0.3 is 10.1 Å². The fraction of sp³-hybridized carbons (Fsp3) is 0.647. The van der Waals surface area contributed by atoms with Gasteiger partial charge in [0.15, 0.2) is 0 Å². The first-order chi connectivity index (χ1) is 8.61. The average molecular weight is 263 g/mol. The third-order valence-corrected chi connectivity index (χ3v) is 3.35. The molecule has 0 aliphatic carbocycles. The summed E-state index contributed by atoms with van der Waals surface area (Å²) in [7, 11) is 3.76. The first-order valence-corrected chi connectivity index (χ1v) is 6.97. The topological polar surface area (TPSA) is 21.3 Å². The van der Waals surface area contributed by atoms with Crippen molar-refractivity contribution in [3.05, 3.63) is 28.8 Å². The van der Waals surface area contributed by atoms with E-state index in [9.17, 15) is 0 Å². The van der Waals surface area contributed by atoms with Gasteiger partial charge in [0.25, 0.3) is 0 Å². The van der Waals surface area contributed by atoms with Crippen LogP contribution in [0.3, 0.4) is 0 Å². The van der Waals surface area contributed by atoms with Crippen LogP contribution in [-0.2, 0) is 17.4 Å². The molecule has 19 heavy (non-hydrogen) atoms. The molecule has 0 aliphatic heterocycles. The Morgan fingerprint density at radius 2 is 1.37 bits per heavy atom. The monoisotopic (exact) mass is 263 g/mol. The smallest absolute Gasteiger partial charge is 0.126 e. The average Bonchev–Trinajstić information content (AvgIpc) is 2.26. The van der Waals surface area contributed by atoms with Gasteiger partial charge in [-0.1, -0.05) is 53.7 Å². The SMILES string of the molecule is CNCc1cc(C(C)(C)C)c(OC)c(C(C)(C)C)c1. The van der Waals surface area contributed by atoms with Crippen molar-refractivity contribution in [2.75, 3.05) is 14.2 Å². The molecule has 0 saturated carbocycles. The third-order valence-electron chi connectivity index (χ3n) is 3.35. The fourth-order valence-corrected chi connectivity index (χ4v) is 2.33. The van der Waals surface area contributed by atoms with E-state index < -0.39 is 0 Å². The van der Waals surface area contributed by atoms with Crippen LogP contribution in [0.5, 0.6) is 5.75 Å². The lowest BCUT2D eigenvalue weighted by Gasteiger charge is -2.30. The summed E-state index contributed by atoms with van der Waals surface area (Å²) in [5.74, 6) is 1.04. The number of hydrogen-bond acceptors (Lipinski definition) is 2. The highest BCUT2D eigenvalue weighted by molar-refractivity contribution is 5.50. The molecule has 1 N–H and O–H groups in total. The van der Waals surface area contributed by atoms with Crippen molar-refractivity contribution in [3.63, 3.8) is 0 Å². The molecule has 2 nitrogen and oxygen atoms in total. The minimum atomic E-state index is 0.0785. The van der Waals surface area contributed by atoms with E-state index in [1.807, 2.05) is 7.05 Å². The predicted octanol–water partition coefficient (Wildman–Crippen LogP) is 4.01. The van der Waals surface area contributed by atoms with Crippen LogP contribution in [0.1, 0.15) is 58.2 Å². The Hall–Kier alpha value is -1.02. The standard InChI is InChI=1S/C17H29NO/c1-16(2,3)13-9-12(11-18-7)10-14(15(13)19-8)17(4,5)6/h9-10,18H,11H2,1-8H3. The summed E-state index contributed by atoms with van der Waals surface area (Å²) in [5.41, 5.74) is 4.04. The van der Waals surface area contributed by atoms with E-state index in [-0.39, 0.29) is 10.8 Å². The normalized spacial score (nSPS) is 12.6. The van der Waals surface area contributed by atoms with E-state index in [2.05, 4.69) is 59.0 Å². The van der Waals surface area contributed by atoms with Crippen molar-refractivity contribution in [2.24, 2.45) is 0 Å². The van der Waals surface area contributed by atoms with Gasteiger partial charge in [-0.2, -0.15) is 0 Å². The molecule has 0 spiro atoms. The molecule has 0 amide bonds. The second-order valence-corrected chi connectivity index (χ2v) is 7.25.